The fourth-order valence-electron chi connectivity index (χ4n) is 2.39. The van der Waals surface area contributed by atoms with Gasteiger partial charge in [0.1, 0.15) is 12.4 Å². The Kier molecular flexibility index (Phi) is 8.27. The molecule has 2 N–H and O–H groups in total. The molecule has 0 aliphatic heterocycles. The normalized spacial score (nSPS) is 9.54. The molecule has 0 aliphatic rings. The van der Waals surface area contributed by atoms with Gasteiger partial charge >= 0.3 is 0 Å². The third-order valence-electron chi connectivity index (χ3n) is 3.55. The number of nitrogens with zero attached hydrogens (tertiary/aromatic N) is 1. The SMILES string of the molecule is Cl.Cl.NCc1ccncc1-c1ccccc1OCc1ccccc1. The lowest BCUT2D eigenvalue weighted by Crippen LogP contribution is -2.01. The van der Waals surface area contributed by atoms with Crippen LogP contribution in [-0.4, -0.2) is 4.98 Å². The summed E-state index contributed by atoms with van der Waals surface area (Å²) in [7, 11) is 0. The van der Waals surface area contributed by atoms with Crippen LogP contribution in [0.1, 0.15) is 11.1 Å². The highest BCUT2D eigenvalue weighted by Gasteiger charge is 2.09. The fraction of sp³-hybridized carbons (Fsp3) is 0.105. The van der Waals surface area contributed by atoms with E-state index in [4.69, 9.17) is 10.5 Å². The van der Waals surface area contributed by atoms with Gasteiger partial charge in [-0.3, -0.25) is 4.98 Å². The number of ether oxygens (including phenoxy) is 1. The standard InChI is InChI=1S/C19H18N2O.2ClH/c20-12-16-10-11-21-13-18(16)17-8-4-5-9-19(17)22-14-15-6-2-1-3-7-15;;/h1-11,13H,12,14,20H2;2*1H. The van der Waals surface area contributed by atoms with Gasteiger partial charge in [0.05, 0.1) is 0 Å². The van der Waals surface area contributed by atoms with E-state index in [0.717, 1.165) is 28.0 Å². The first-order chi connectivity index (χ1) is 10.9. The molecule has 0 spiro atoms. The van der Waals surface area contributed by atoms with E-state index in [0.29, 0.717) is 13.2 Å². The minimum absolute atomic E-state index is 0. The molecule has 2 aromatic carbocycles. The van der Waals surface area contributed by atoms with Crippen LogP contribution in [0.4, 0.5) is 0 Å². The zero-order valence-corrected chi connectivity index (χ0v) is 14.7. The van der Waals surface area contributed by atoms with Gasteiger partial charge in [0.25, 0.3) is 0 Å². The van der Waals surface area contributed by atoms with Gasteiger partial charge in [0.2, 0.25) is 0 Å². The van der Waals surface area contributed by atoms with E-state index in [-0.39, 0.29) is 24.8 Å². The van der Waals surface area contributed by atoms with Gasteiger partial charge in [-0.1, -0.05) is 48.5 Å². The van der Waals surface area contributed by atoms with Crippen molar-refractivity contribution in [3.8, 4) is 16.9 Å². The fourth-order valence-corrected chi connectivity index (χ4v) is 2.39. The molecule has 3 rings (SSSR count). The van der Waals surface area contributed by atoms with Crippen molar-refractivity contribution in [3.63, 3.8) is 0 Å². The summed E-state index contributed by atoms with van der Waals surface area (Å²) in [5.41, 5.74) is 10.1. The quantitative estimate of drug-likeness (QED) is 0.719. The van der Waals surface area contributed by atoms with E-state index < -0.39 is 0 Å². The highest BCUT2D eigenvalue weighted by molar-refractivity contribution is 5.85. The van der Waals surface area contributed by atoms with Gasteiger partial charge in [-0.2, -0.15) is 0 Å². The average Bonchev–Trinajstić information content (AvgIpc) is 2.61. The Morgan fingerprint density at radius 3 is 2.29 bits per heavy atom. The predicted molar refractivity (Wildman–Crippen MR) is 103 cm³/mol. The summed E-state index contributed by atoms with van der Waals surface area (Å²) < 4.78 is 6.01. The second-order valence-electron chi connectivity index (χ2n) is 5.01. The largest absolute Gasteiger partial charge is 0.488 e. The molecule has 24 heavy (non-hydrogen) atoms. The van der Waals surface area contributed by atoms with Crippen LogP contribution >= 0.6 is 24.8 Å². The number of hydrogen-bond donors (Lipinski definition) is 1. The van der Waals surface area contributed by atoms with E-state index in [9.17, 15) is 0 Å². The predicted octanol–water partition coefficient (Wildman–Crippen LogP) is 4.63. The van der Waals surface area contributed by atoms with Crippen LogP contribution in [0.2, 0.25) is 0 Å². The maximum atomic E-state index is 6.01. The van der Waals surface area contributed by atoms with Crippen molar-refractivity contribution in [2.45, 2.75) is 13.2 Å². The van der Waals surface area contributed by atoms with E-state index in [1.807, 2.05) is 54.7 Å². The minimum Gasteiger partial charge on any atom is -0.488 e. The maximum absolute atomic E-state index is 6.01. The molecule has 0 amide bonds. The Bertz CT molecular complexity index is 751. The van der Waals surface area contributed by atoms with Crippen molar-refractivity contribution in [1.82, 2.24) is 4.98 Å². The molecule has 126 valence electrons. The van der Waals surface area contributed by atoms with Gasteiger partial charge < -0.3 is 10.5 Å². The van der Waals surface area contributed by atoms with Crippen molar-refractivity contribution in [1.29, 1.82) is 0 Å². The second kappa shape index (κ2) is 9.93. The van der Waals surface area contributed by atoms with Crippen LogP contribution in [0.3, 0.4) is 0 Å². The first-order valence-electron chi connectivity index (χ1n) is 7.27. The molecular weight excluding hydrogens is 343 g/mol. The number of nitrogens with two attached hydrogens (primary N) is 1. The number of hydrogen-bond acceptors (Lipinski definition) is 3. The van der Waals surface area contributed by atoms with Crippen molar-refractivity contribution in [2.75, 3.05) is 0 Å². The molecule has 1 aromatic heterocycles. The van der Waals surface area contributed by atoms with Crippen LogP contribution < -0.4 is 10.5 Å². The summed E-state index contributed by atoms with van der Waals surface area (Å²) in [6.07, 6.45) is 3.60. The summed E-state index contributed by atoms with van der Waals surface area (Å²) in [5, 5.41) is 0. The number of rotatable bonds is 5. The lowest BCUT2D eigenvalue weighted by molar-refractivity contribution is 0.307. The lowest BCUT2D eigenvalue weighted by atomic mass is 10.0. The van der Waals surface area contributed by atoms with Gasteiger partial charge in [0.15, 0.2) is 0 Å². The third kappa shape index (κ3) is 4.71. The van der Waals surface area contributed by atoms with Crippen molar-refractivity contribution in [2.24, 2.45) is 5.73 Å². The van der Waals surface area contributed by atoms with E-state index >= 15 is 0 Å². The minimum atomic E-state index is 0. The zero-order chi connectivity index (χ0) is 15.2. The Hall–Kier alpha value is -2.07. The molecule has 1 heterocycles. The third-order valence-corrected chi connectivity index (χ3v) is 3.55. The number of halogens is 2. The number of aromatic nitrogens is 1. The molecule has 0 radical (unpaired) electrons. The lowest BCUT2D eigenvalue weighted by Gasteiger charge is -2.13. The summed E-state index contributed by atoms with van der Waals surface area (Å²) in [5.74, 6) is 0.842. The molecule has 0 saturated heterocycles. The monoisotopic (exact) mass is 362 g/mol. The first kappa shape index (κ1) is 20.0. The van der Waals surface area contributed by atoms with Crippen LogP contribution in [0.5, 0.6) is 5.75 Å². The Labute approximate surface area is 154 Å². The second-order valence-corrected chi connectivity index (χ2v) is 5.01. The van der Waals surface area contributed by atoms with Crippen molar-refractivity contribution >= 4 is 24.8 Å². The van der Waals surface area contributed by atoms with Gasteiger partial charge in [0, 0.05) is 30.1 Å². The van der Waals surface area contributed by atoms with E-state index in [1.165, 1.54) is 0 Å². The van der Waals surface area contributed by atoms with Crippen LogP contribution in [0.25, 0.3) is 11.1 Å². The molecule has 0 atom stereocenters. The van der Waals surface area contributed by atoms with E-state index in [2.05, 4.69) is 17.1 Å². The van der Waals surface area contributed by atoms with Gasteiger partial charge in [-0.25, -0.2) is 0 Å². The van der Waals surface area contributed by atoms with E-state index in [1.54, 1.807) is 6.20 Å². The molecule has 0 saturated carbocycles. The van der Waals surface area contributed by atoms with Crippen LogP contribution in [0, 0.1) is 0 Å². The first-order valence-corrected chi connectivity index (χ1v) is 7.27. The highest BCUT2D eigenvalue weighted by atomic mass is 35.5. The molecule has 5 heteroatoms. The molecule has 0 unspecified atom stereocenters. The number of pyridine rings is 1. The Morgan fingerprint density at radius 1 is 0.833 bits per heavy atom. The van der Waals surface area contributed by atoms with Crippen LogP contribution in [-0.2, 0) is 13.2 Å². The molecule has 3 nitrogen and oxygen atoms in total. The molecule has 0 bridgehead atoms. The van der Waals surface area contributed by atoms with Crippen LogP contribution in [0.15, 0.2) is 73.1 Å². The van der Waals surface area contributed by atoms with Crippen molar-refractivity contribution < 1.29 is 4.74 Å². The average molecular weight is 363 g/mol. The number of para-hydroxylation sites is 1. The van der Waals surface area contributed by atoms with Gasteiger partial charge in [-0.05, 0) is 23.3 Å². The summed E-state index contributed by atoms with van der Waals surface area (Å²) in [6.45, 7) is 1.01. The Morgan fingerprint density at radius 2 is 1.54 bits per heavy atom. The summed E-state index contributed by atoms with van der Waals surface area (Å²) in [4.78, 5) is 4.22. The molecule has 0 fully saturated rings. The topological polar surface area (TPSA) is 48.1 Å². The zero-order valence-electron chi connectivity index (χ0n) is 13.1. The maximum Gasteiger partial charge on any atom is 0.127 e. The highest BCUT2D eigenvalue weighted by Crippen LogP contribution is 2.32. The Balaban J connectivity index is 0.00000144. The van der Waals surface area contributed by atoms with Gasteiger partial charge in [-0.15, -0.1) is 24.8 Å². The molecular formula is C19H20Cl2N2O. The summed E-state index contributed by atoms with van der Waals surface area (Å²) >= 11 is 0. The smallest absolute Gasteiger partial charge is 0.127 e. The molecule has 3 aromatic rings. The molecule has 0 aliphatic carbocycles. The van der Waals surface area contributed by atoms with Crippen molar-refractivity contribution in [3.05, 3.63) is 84.2 Å². The number of benzene rings is 2. The summed E-state index contributed by atoms with van der Waals surface area (Å²) in [6, 6.07) is 20.1.